The van der Waals surface area contributed by atoms with Gasteiger partial charge in [-0.3, -0.25) is 0 Å². The Morgan fingerprint density at radius 3 is 2.38 bits per heavy atom. The Kier molecular flexibility index (Phi) is 6.48. The molecule has 0 unspecified atom stereocenters. The Bertz CT molecular complexity index is 243. The molecule has 0 aliphatic rings. The predicted molar refractivity (Wildman–Crippen MR) is 59.1 cm³/mol. The summed E-state index contributed by atoms with van der Waals surface area (Å²) >= 11 is 0. The molecule has 16 heavy (non-hydrogen) atoms. The molecule has 1 atom stereocenters. The first-order valence-electron chi connectivity index (χ1n) is 5.24. The van der Waals surface area contributed by atoms with Crippen LogP contribution < -0.4 is 5.32 Å². The van der Waals surface area contributed by atoms with E-state index in [0.717, 1.165) is 6.42 Å². The number of aliphatic carboxylic acids is 1. The number of nitrogens with one attached hydrogen (secondary N) is 1. The number of aliphatic hydroxyl groups is 1. The average Bonchev–Trinajstić information content (AvgIpc) is 2.21. The molecular formula is C10H20N2O4. The highest BCUT2D eigenvalue weighted by atomic mass is 16.4. The van der Waals surface area contributed by atoms with E-state index in [0.29, 0.717) is 12.5 Å². The number of rotatable bonds is 6. The highest BCUT2D eigenvalue weighted by Gasteiger charge is 2.15. The zero-order valence-corrected chi connectivity index (χ0v) is 9.93. The van der Waals surface area contributed by atoms with E-state index in [1.807, 2.05) is 0 Å². The highest BCUT2D eigenvalue weighted by molar-refractivity contribution is 5.76. The van der Waals surface area contributed by atoms with Crippen molar-refractivity contribution in [3.8, 4) is 0 Å². The summed E-state index contributed by atoms with van der Waals surface area (Å²) in [7, 11) is 1.63. The van der Waals surface area contributed by atoms with Crippen LogP contribution in [0.15, 0.2) is 0 Å². The van der Waals surface area contributed by atoms with Crippen LogP contribution in [-0.2, 0) is 4.79 Å². The zero-order valence-electron chi connectivity index (χ0n) is 9.93. The van der Waals surface area contributed by atoms with Crippen molar-refractivity contribution in [3.63, 3.8) is 0 Å². The number of hydrogen-bond acceptors (Lipinski definition) is 3. The van der Waals surface area contributed by atoms with Crippen LogP contribution in [0.3, 0.4) is 0 Å². The molecule has 0 fully saturated rings. The molecule has 0 spiro atoms. The monoisotopic (exact) mass is 232 g/mol. The second-order valence-corrected chi connectivity index (χ2v) is 4.14. The molecule has 0 aromatic heterocycles. The molecule has 0 aliphatic heterocycles. The van der Waals surface area contributed by atoms with Gasteiger partial charge in [-0.05, 0) is 12.3 Å². The Labute approximate surface area is 95.2 Å². The Hall–Kier alpha value is -1.30. The van der Waals surface area contributed by atoms with Gasteiger partial charge < -0.3 is 20.4 Å². The first kappa shape index (κ1) is 14.7. The lowest BCUT2D eigenvalue weighted by atomic mass is 10.1. The normalized spacial score (nSPS) is 12.3. The number of hydrogen-bond donors (Lipinski definition) is 3. The van der Waals surface area contributed by atoms with Crippen molar-refractivity contribution in [1.82, 2.24) is 10.2 Å². The van der Waals surface area contributed by atoms with E-state index in [4.69, 9.17) is 10.2 Å². The molecule has 3 N–H and O–H groups in total. The summed E-state index contributed by atoms with van der Waals surface area (Å²) in [5.41, 5.74) is 0. The number of carboxylic acids is 1. The summed E-state index contributed by atoms with van der Waals surface area (Å²) < 4.78 is 0. The summed E-state index contributed by atoms with van der Waals surface area (Å²) in [5.74, 6) is -0.843. The van der Waals surface area contributed by atoms with Crippen molar-refractivity contribution >= 4 is 12.0 Å². The van der Waals surface area contributed by atoms with Gasteiger partial charge in [0, 0.05) is 13.6 Å². The molecule has 0 aromatic rings. The zero-order chi connectivity index (χ0) is 12.7. The van der Waals surface area contributed by atoms with Crippen molar-refractivity contribution in [3.05, 3.63) is 0 Å². The predicted octanol–water partition coefficient (Wildman–Crippen LogP) is 0.119. The van der Waals surface area contributed by atoms with Crippen molar-refractivity contribution in [2.24, 2.45) is 5.92 Å². The third kappa shape index (κ3) is 6.23. The van der Waals surface area contributed by atoms with Crippen LogP contribution in [0.25, 0.3) is 0 Å². The van der Waals surface area contributed by atoms with Crippen LogP contribution in [0.2, 0.25) is 0 Å². The number of amides is 2. The van der Waals surface area contributed by atoms with Gasteiger partial charge >= 0.3 is 12.0 Å². The molecule has 0 aliphatic carbocycles. The van der Waals surface area contributed by atoms with E-state index in [1.54, 1.807) is 7.05 Å². The molecule has 0 saturated carbocycles. The number of carboxylic acid groups (broad SMARTS) is 1. The number of carbonyl (C=O) groups excluding carboxylic acids is 1. The standard InChI is InChI=1S/C10H20N2O4/c1-7(2)4-5-12(3)10(16)11-6-8(13)9(14)15/h7-8,13H,4-6H2,1-3H3,(H,11,16)(H,14,15)/t8-/m0/s1. The molecule has 0 saturated heterocycles. The maximum absolute atomic E-state index is 11.4. The van der Waals surface area contributed by atoms with E-state index >= 15 is 0 Å². The fourth-order valence-electron chi connectivity index (χ4n) is 0.960. The molecule has 6 nitrogen and oxygen atoms in total. The van der Waals surface area contributed by atoms with Crippen molar-refractivity contribution < 1.29 is 19.8 Å². The van der Waals surface area contributed by atoms with Crippen molar-refractivity contribution in [2.45, 2.75) is 26.4 Å². The lowest BCUT2D eigenvalue weighted by Crippen LogP contribution is -2.43. The molecule has 0 bridgehead atoms. The molecule has 0 rings (SSSR count). The SMILES string of the molecule is CC(C)CCN(C)C(=O)NC[C@H](O)C(=O)O. The summed E-state index contributed by atoms with van der Waals surface area (Å²) in [6, 6.07) is -0.374. The summed E-state index contributed by atoms with van der Waals surface area (Å²) in [6.45, 7) is 4.44. The second kappa shape index (κ2) is 7.05. The lowest BCUT2D eigenvalue weighted by Gasteiger charge is -2.19. The van der Waals surface area contributed by atoms with Gasteiger partial charge in [0.15, 0.2) is 6.10 Å². The van der Waals surface area contributed by atoms with Crippen LogP contribution in [-0.4, -0.2) is 53.4 Å². The van der Waals surface area contributed by atoms with Gasteiger partial charge in [0.05, 0.1) is 6.54 Å². The molecule has 0 radical (unpaired) electrons. The van der Waals surface area contributed by atoms with E-state index in [9.17, 15) is 9.59 Å². The molecule has 6 heteroatoms. The summed E-state index contributed by atoms with van der Waals surface area (Å²) in [6.07, 6.45) is -0.673. The number of aliphatic hydroxyl groups excluding tert-OH is 1. The first-order chi connectivity index (χ1) is 7.34. The Balaban J connectivity index is 3.83. The molecule has 0 heterocycles. The minimum Gasteiger partial charge on any atom is -0.479 e. The molecule has 2 amide bonds. The lowest BCUT2D eigenvalue weighted by molar-refractivity contribution is -0.146. The highest BCUT2D eigenvalue weighted by Crippen LogP contribution is 2.00. The summed E-state index contributed by atoms with van der Waals surface area (Å²) in [5, 5.41) is 19.7. The quantitative estimate of drug-likeness (QED) is 0.606. The Morgan fingerprint density at radius 1 is 1.38 bits per heavy atom. The van der Waals surface area contributed by atoms with E-state index in [-0.39, 0.29) is 12.6 Å². The average molecular weight is 232 g/mol. The van der Waals surface area contributed by atoms with Gasteiger partial charge in [-0.2, -0.15) is 0 Å². The maximum atomic E-state index is 11.4. The van der Waals surface area contributed by atoms with E-state index in [2.05, 4.69) is 19.2 Å². The molecule has 0 aromatic carbocycles. The van der Waals surface area contributed by atoms with Gasteiger partial charge in [-0.1, -0.05) is 13.8 Å². The summed E-state index contributed by atoms with van der Waals surface area (Å²) in [4.78, 5) is 23.1. The van der Waals surface area contributed by atoms with Crippen LogP contribution in [0.1, 0.15) is 20.3 Å². The van der Waals surface area contributed by atoms with Gasteiger partial charge in [0.25, 0.3) is 0 Å². The second-order valence-electron chi connectivity index (χ2n) is 4.14. The van der Waals surface area contributed by atoms with Crippen molar-refractivity contribution in [2.75, 3.05) is 20.1 Å². The van der Waals surface area contributed by atoms with Crippen LogP contribution in [0.5, 0.6) is 0 Å². The fraction of sp³-hybridized carbons (Fsp3) is 0.800. The van der Waals surface area contributed by atoms with Gasteiger partial charge in [0.1, 0.15) is 0 Å². The number of carbonyl (C=O) groups is 2. The Morgan fingerprint density at radius 2 is 1.94 bits per heavy atom. The smallest absolute Gasteiger partial charge is 0.334 e. The van der Waals surface area contributed by atoms with Gasteiger partial charge in [-0.25, -0.2) is 9.59 Å². The molecule has 94 valence electrons. The third-order valence-corrected chi connectivity index (χ3v) is 2.12. The van der Waals surface area contributed by atoms with Crippen LogP contribution >= 0.6 is 0 Å². The van der Waals surface area contributed by atoms with E-state index < -0.39 is 12.1 Å². The minimum absolute atomic E-state index is 0.278. The minimum atomic E-state index is -1.55. The van der Waals surface area contributed by atoms with E-state index in [1.165, 1.54) is 4.90 Å². The largest absolute Gasteiger partial charge is 0.479 e. The van der Waals surface area contributed by atoms with Gasteiger partial charge in [0.2, 0.25) is 0 Å². The number of urea groups is 1. The maximum Gasteiger partial charge on any atom is 0.334 e. The molecular weight excluding hydrogens is 212 g/mol. The van der Waals surface area contributed by atoms with Crippen molar-refractivity contribution in [1.29, 1.82) is 0 Å². The first-order valence-corrected chi connectivity index (χ1v) is 5.24. The number of nitrogens with zero attached hydrogens (tertiary/aromatic N) is 1. The fourth-order valence-corrected chi connectivity index (χ4v) is 0.960. The van der Waals surface area contributed by atoms with Crippen LogP contribution in [0.4, 0.5) is 4.79 Å². The topological polar surface area (TPSA) is 89.9 Å². The van der Waals surface area contributed by atoms with Crippen LogP contribution in [0, 0.1) is 5.92 Å². The van der Waals surface area contributed by atoms with Gasteiger partial charge in [-0.15, -0.1) is 0 Å². The third-order valence-electron chi connectivity index (χ3n) is 2.12.